The van der Waals surface area contributed by atoms with Crippen molar-refractivity contribution in [3.05, 3.63) is 0 Å². The molecular formula is C35H73N6O32P7S2+2. The van der Waals surface area contributed by atoms with Crippen LogP contribution in [0.4, 0.5) is 0 Å². The number of nitrogens with zero attached hydrogens (tertiary/aromatic N) is 3. The average Bonchev–Trinajstić information content (AvgIpc) is 3.26. The second-order valence-electron chi connectivity index (χ2n) is 15.2. The normalized spacial score (nSPS) is 14.7. The molecule has 8 unspecified atom stereocenters. The molecule has 0 aliphatic heterocycles. The topological polar surface area (TPSA) is 705 Å². The molecule has 0 aromatic rings. The fourth-order valence-corrected chi connectivity index (χ4v) is 9.57. The summed E-state index contributed by atoms with van der Waals surface area (Å²) >= 11 is 1.36. The first-order valence-electron chi connectivity index (χ1n) is 21.0. The van der Waals surface area contributed by atoms with Crippen LogP contribution < -0.4 is 16.4 Å². The fourth-order valence-electron chi connectivity index (χ4n) is 3.52. The van der Waals surface area contributed by atoms with Crippen LogP contribution in [0.1, 0.15) is 75.2 Å². The monoisotopic (exact) mass is 1370 g/mol. The molecule has 0 aromatic carbocycles. The molecule has 0 aromatic heterocycles. The van der Waals surface area contributed by atoms with Crippen LogP contribution >= 0.6 is 77.6 Å². The van der Waals surface area contributed by atoms with Crippen LogP contribution in [0.3, 0.4) is 0 Å². The van der Waals surface area contributed by atoms with E-state index < -0.39 is 143 Å². The molecular weight excluding hydrogens is 1300 g/mol. The summed E-state index contributed by atoms with van der Waals surface area (Å²) in [6.07, 6.45) is 2.94. The van der Waals surface area contributed by atoms with Crippen molar-refractivity contribution in [3.8, 4) is 18.4 Å². The zero-order valence-corrected chi connectivity index (χ0v) is 51.5. The highest BCUT2D eigenvalue weighted by Crippen LogP contribution is 2.43. The zero-order valence-electron chi connectivity index (χ0n) is 43.6. The van der Waals surface area contributed by atoms with Crippen molar-refractivity contribution in [1.82, 2.24) is 10.6 Å². The smallest absolute Gasteiger partial charge is 0.479 e. The van der Waals surface area contributed by atoms with Gasteiger partial charge < -0.3 is 101 Å². The molecule has 0 bridgehead atoms. The maximum atomic E-state index is 11.2. The Kier molecular flexibility index (Phi) is 55.6. The quantitative estimate of drug-likeness (QED) is 0.00962. The molecule has 82 heavy (non-hydrogen) atoms. The number of nitrogens with two attached hydrogens (primary N) is 1. The minimum Gasteiger partial charge on any atom is -0.479 e. The Morgan fingerprint density at radius 1 is 0.732 bits per heavy atom. The van der Waals surface area contributed by atoms with E-state index in [1.54, 1.807) is 0 Å². The van der Waals surface area contributed by atoms with Crippen molar-refractivity contribution in [3.63, 3.8) is 0 Å². The van der Waals surface area contributed by atoms with Crippen LogP contribution in [0.15, 0.2) is 10.3 Å². The van der Waals surface area contributed by atoms with Crippen molar-refractivity contribution in [2.45, 2.75) is 116 Å². The van der Waals surface area contributed by atoms with Gasteiger partial charge in [0.1, 0.15) is 29.2 Å². The van der Waals surface area contributed by atoms with Crippen LogP contribution in [-0.2, 0) is 60.7 Å². The van der Waals surface area contributed by atoms with E-state index in [0.29, 0.717) is 24.3 Å². The van der Waals surface area contributed by atoms with E-state index in [2.05, 4.69) is 27.4 Å². The van der Waals surface area contributed by atoms with E-state index in [1.807, 2.05) is 12.8 Å². The molecule has 0 aliphatic rings. The van der Waals surface area contributed by atoms with Gasteiger partial charge in [-0.15, -0.1) is 29.9 Å². The van der Waals surface area contributed by atoms with E-state index in [-0.39, 0.29) is 48.0 Å². The van der Waals surface area contributed by atoms with Gasteiger partial charge in [-0.2, -0.15) is 15.0 Å². The number of hydrogen-bond acceptors (Lipinski definition) is 25. The van der Waals surface area contributed by atoms with E-state index in [9.17, 15) is 70.9 Å². The molecule has 23 N–H and O–H groups in total. The lowest BCUT2D eigenvalue weighted by Crippen LogP contribution is -2.42. The number of oxime groups is 2. The molecule has 38 nitrogen and oxygen atoms in total. The lowest BCUT2D eigenvalue weighted by Gasteiger charge is -2.17. The molecule has 0 saturated heterocycles. The third-order valence-electron chi connectivity index (χ3n) is 7.24. The third kappa shape index (κ3) is 64.3. The maximum absolute atomic E-state index is 11.2. The highest BCUT2D eigenvalue weighted by molar-refractivity contribution is 8.14. The SMILES string of the molecule is C.C#CCP(=O)(O)O.CC(=O)CC(O)(C[P+](=O)O)C(=O)O.CC(=O)NC(CSC(=NO)C(O)P(=O)(O)O)C(C)=O.CC(=O)N[C@@H](CSC(CP(=O)(O)O)=NO)C(C)=O.CC(N)CC[P+](=O)O.CCC(O)P(=O)(O)O.N#CC(O)P(=O)(O)O. The summed E-state index contributed by atoms with van der Waals surface area (Å²) in [4.78, 5) is 165. The molecule has 0 spiro atoms. The van der Waals surface area contributed by atoms with E-state index >= 15 is 0 Å². The molecule has 47 heteroatoms. The average molecular weight is 1370 g/mol. The molecule has 0 fully saturated rings. The Labute approximate surface area is 479 Å². The van der Waals surface area contributed by atoms with Gasteiger partial charge in [0.2, 0.25) is 35.3 Å². The van der Waals surface area contributed by atoms with Crippen molar-refractivity contribution in [2.24, 2.45) is 16.0 Å². The molecule has 2 amide bonds. The number of nitrogens with one attached hydrogen (secondary N) is 2. The first-order valence-corrected chi connectivity index (χ1v) is 34.4. The Hall–Kier alpha value is -3.22. The summed E-state index contributed by atoms with van der Waals surface area (Å²) in [6, 6.07) is -0.664. The standard InChI is InChI=1S/C8H15N2O7PS.C8H15N2O6PS.C6H9O6P.C4H10NO2P.C3H9O4P.C3H5O3P.C2H4NO4P.CH4/c1-4(11)6(9-5(2)12)3-19-7(10-14)8(13)18(15,16)17;1-5(11)7(9-6(2)12)4-18-8(10-13)3-17(14,15)16;1-4(7)2-6(10,5(8)9)3-13(11)12;1-4(5)2-3-8(6)7;1-2-3(4)8(5,6)7;1-2-3-7(4,5)6;3-1-2(4)8(5,6)7;/h6,8,13-14H,3H2,1-2H3,(H,9,12)(H2,15,16,17);7,13H,3-4H2,1-2H3,(H,9,12)(H2,14,15,16);10H,2-3H2,1H3,(H-,8,9,11,12);4H,2-3,5H2,1H3;3-4H,2H2,1H3,(H2,5,6,7);1H,3H2,(H2,4,5,6);2,4H,(H2,5,6,7);1H4/p+2/t;7-;;;;;;/m.0....../s1. The number of aliphatic carboxylic acids is 1. The van der Waals surface area contributed by atoms with E-state index in [0.717, 1.165) is 24.8 Å². The van der Waals surface area contributed by atoms with Crippen molar-refractivity contribution in [1.29, 1.82) is 5.26 Å². The predicted octanol–water partition coefficient (Wildman–Crippen LogP) is -1.82. The summed E-state index contributed by atoms with van der Waals surface area (Å²) in [5, 5.41) is 77.5. The molecule has 0 heterocycles. The number of aliphatic hydroxyl groups excluding tert-OH is 3. The Morgan fingerprint density at radius 3 is 1.32 bits per heavy atom. The van der Waals surface area contributed by atoms with Crippen LogP contribution in [0.2, 0.25) is 0 Å². The first kappa shape index (κ1) is 95.1. The highest BCUT2D eigenvalue weighted by Gasteiger charge is 2.45. The summed E-state index contributed by atoms with van der Waals surface area (Å²) in [5.41, 5.74) is 2.88. The molecule has 0 rings (SSSR count). The molecule has 0 radical (unpaired) electrons. The van der Waals surface area contributed by atoms with Crippen LogP contribution in [0, 0.1) is 23.7 Å². The van der Waals surface area contributed by atoms with Crippen molar-refractivity contribution < 1.29 is 155 Å². The number of carbonyl (C=O) groups excluding carboxylic acids is 5. The zero-order chi connectivity index (χ0) is 66.3. The lowest BCUT2D eigenvalue weighted by molar-refractivity contribution is -0.158. The maximum Gasteiger partial charge on any atom is 0.509 e. The Balaban J connectivity index is -0.000000134. The summed E-state index contributed by atoms with van der Waals surface area (Å²) in [5.74, 6) is -7.94. The number of terminal acetylenes is 1. The molecule has 9 atom stereocenters. The molecule has 0 aliphatic carbocycles. The largest absolute Gasteiger partial charge is 0.509 e. The van der Waals surface area contributed by atoms with Crippen molar-refractivity contribution in [2.75, 3.05) is 36.2 Å². The number of amides is 2. The number of hydrogen-bond donors (Lipinski definition) is 22. The lowest BCUT2D eigenvalue weighted by atomic mass is 10.0. The predicted molar refractivity (Wildman–Crippen MR) is 295 cm³/mol. The van der Waals surface area contributed by atoms with Gasteiger partial charge >= 0.3 is 60.0 Å². The number of carboxylic acids is 1. The second kappa shape index (κ2) is 48.0. The van der Waals surface area contributed by atoms with Gasteiger partial charge in [-0.3, -0.25) is 46.8 Å². The molecule has 0 saturated carbocycles. The Morgan fingerprint density at radius 2 is 1.15 bits per heavy atom. The second-order valence-corrected chi connectivity index (χ2v) is 27.9. The number of carboxylic acid groups (broad SMARTS) is 1. The number of Topliss-reactive ketones (excluding diaryl/α,β-unsaturated/α-hetero) is 3. The Bertz CT molecular complexity index is 2400. The number of thioether (sulfide) groups is 2. The van der Waals surface area contributed by atoms with Gasteiger partial charge in [0, 0.05) is 37.8 Å². The third-order valence-corrected chi connectivity index (χ3v) is 15.3. The van der Waals surface area contributed by atoms with Crippen LogP contribution in [0.25, 0.3) is 0 Å². The number of rotatable bonds is 24. The number of ketones is 3. The van der Waals surface area contributed by atoms with Crippen LogP contribution in [0.5, 0.6) is 0 Å². The number of aliphatic hydroxyl groups is 4. The summed E-state index contributed by atoms with van der Waals surface area (Å²) in [7, 11) is -26.6. The van der Waals surface area contributed by atoms with Gasteiger partial charge in [-0.05, 0) is 43.2 Å². The van der Waals surface area contributed by atoms with Crippen molar-refractivity contribution >= 4 is 123 Å². The number of carbonyl (C=O) groups is 6. The fraction of sp³-hybridized carbons (Fsp3) is 0.686. The first-order chi connectivity index (χ1) is 36.2. The summed E-state index contributed by atoms with van der Waals surface area (Å²) < 4.78 is 71.4. The minimum atomic E-state index is -4.87. The van der Waals surface area contributed by atoms with Gasteiger partial charge in [-0.1, -0.05) is 30.6 Å². The van der Waals surface area contributed by atoms with Crippen LogP contribution in [-0.4, -0.2) is 217 Å². The number of nitriles is 1. The molecule has 480 valence electrons. The summed E-state index contributed by atoms with van der Waals surface area (Å²) in [6.45, 7) is 9.36. The minimum absolute atomic E-state index is 0. The van der Waals surface area contributed by atoms with Gasteiger partial charge in [0.15, 0.2) is 28.6 Å². The van der Waals surface area contributed by atoms with E-state index in [4.69, 9.17) is 95.5 Å². The van der Waals surface area contributed by atoms with Gasteiger partial charge in [0.25, 0.3) is 0 Å². The van der Waals surface area contributed by atoms with Gasteiger partial charge in [-0.25, -0.2) is 4.79 Å². The van der Waals surface area contributed by atoms with Gasteiger partial charge in [0.05, 0.1) is 18.5 Å². The highest BCUT2D eigenvalue weighted by atomic mass is 32.2. The van der Waals surface area contributed by atoms with E-state index in [1.165, 1.54) is 34.6 Å².